The van der Waals surface area contributed by atoms with Crippen LogP contribution in [0.1, 0.15) is 30.9 Å². The zero-order chi connectivity index (χ0) is 13.0. The lowest BCUT2D eigenvalue weighted by atomic mass is 9.97. The summed E-state index contributed by atoms with van der Waals surface area (Å²) in [6.07, 6.45) is 6.60. The Morgan fingerprint density at radius 1 is 1.17 bits per heavy atom. The SMILES string of the molecule is C#CCCCC(O)c1ccc(F)c2ccccc12. The quantitative estimate of drug-likeness (QED) is 0.638. The van der Waals surface area contributed by atoms with Crippen LogP contribution in [0.4, 0.5) is 4.39 Å². The standard InChI is InChI=1S/C16H15FO/c1-2-3-4-9-16(18)14-10-11-15(17)13-8-6-5-7-12(13)14/h1,5-8,10-11,16,18H,3-4,9H2. The van der Waals surface area contributed by atoms with Gasteiger partial charge in [-0.1, -0.05) is 30.3 Å². The summed E-state index contributed by atoms with van der Waals surface area (Å²) in [5, 5.41) is 11.5. The zero-order valence-electron chi connectivity index (χ0n) is 10.1. The molecule has 0 heterocycles. The summed E-state index contributed by atoms with van der Waals surface area (Å²) in [4.78, 5) is 0. The molecule has 2 heteroatoms. The fourth-order valence-corrected chi connectivity index (χ4v) is 2.13. The van der Waals surface area contributed by atoms with Gasteiger partial charge in [0.25, 0.3) is 0 Å². The fraction of sp³-hybridized carbons (Fsp3) is 0.250. The Balaban J connectivity index is 2.34. The number of hydrogen-bond donors (Lipinski definition) is 1. The van der Waals surface area contributed by atoms with Crippen LogP contribution in [-0.4, -0.2) is 5.11 Å². The van der Waals surface area contributed by atoms with Gasteiger partial charge >= 0.3 is 0 Å². The molecule has 0 spiro atoms. The molecule has 92 valence electrons. The van der Waals surface area contributed by atoms with Crippen LogP contribution in [0, 0.1) is 18.2 Å². The first kappa shape index (κ1) is 12.6. The second-order valence-corrected chi connectivity index (χ2v) is 4.29. The van der Waals surface area contributed by atoms with Crippen LogP contribution < -0.4 is 0 Å². The van der Waals surface area contributed by atoms with E-state index >= 15 is 0 Å². The molecule has 0 saturated carbocycles. The Bertz CT molecular complexity index is 583. The molecule has 18 heavy (non-hydrogen) atoms. The lowest BCUT2D eigenvalue weighted by molar-refractivity contribution is 0.166. The fourth-order valence-electron chi connectivity index (χ4n) is 2.13. The van der Waals surface area contributed by atoms with Gasteiger partial charge in [0.2, 0.25) is 0 Å². The number of aliphatic hydroxyl groups excluding tert-OH is 1. The molecule has 0 bridgehead atoms. The van der Waals surface area contributed by atoms with Crippen molar-refractivity contribution in [2.24, 2.45) is 0 Å². The van der Waals surface area contributed by atoms with E-state index in [2.05, 4.69) is 5.92 Å². The molecule has 0 radical (unpaired) electrons. The van der Waals surface area contributed by atoms with Crippen LogP contribution in [-0.2, 0) is 0 Å². The van der Waals surface area contributed by atoms with E-state index in [1.54, 1.807) is 18.2 Å². The molecule has 1 unspecified atom stereocenters. The third kappa shape index (κ3) is 2.52. The monoisotopic (exact) mass is 242 g/mol. The van der Waals surface area contributed by atoms with Gasteiger partial charge in [-0.15, -0.1) is 12.3 Å². The van der Waals surface area contributed by atoms with Crippen molar-refractivity contribution in [2.45, 2.75) is 25.4 Å². The molecular weight excluding hydrogens is 227 g/mol. The molecule has 0 fully saturated rings. The third-order valence-corrected chi connectivity index (χ3v) is 3.06. The van der Waals surface area contributed by atoms with Crippen LogP contribution in [0.3, 0.4) is 0 Å². The van der Waals surface area contributed by atoms with E-state index < -0.39 is 6.10 Å². The number of halogens is 1. The number of aliphatic hydroxyl groups is 1. The lowest BCUT2D eigenvalue weighted by Gasteiger charge is -2.13. The molecule has 0 saturated heterocycles. The summed E-state index contributed by atoms with van der Waals surface area (Å²) >= 11 is 0. The highest BCUT2D eigenvalue weighted by atomic mass is 19.1. The highest BCUT2D eigenvalue weighted by Crippen LogP contribution is 2.28. The Labute approximate surface area is 106 Å². The van der Waals surface area contributed by atoms with Crippen LogP contribution in [0.5, 0.6) is 0 Å². The summed E-state index contributed by atoms with van der Waals surface area (Å²) < 4.78 is 13.6. The van der Waals surface area contributed by atoms with Gasteiger partial charge in [-0.25, -0.2) is 4.39 Å². The second kappa shape index (κ2) is 5.66. The minimum Gasteiger partial charge on any atom is -0.388 e. The van der Waals surface area contributed by atoms with Crippen molar-refractivity contribution in [1.29, 1.82) is 0 Å². The number of fused-ring (bicyclic) bond motifs is 1. The van der Waals surface area contributed by atoms with Crippen molar-refractivity contribution in [3.63, 3.8) is 0 Å². The molecule has 2 rings (SSSR count). The largest absolute Gasteiger partial charge is 0.388 e. The van der Waals surface area contributed by atoms with E-state index in [0.717, 1.165) is 17.4 Å². The first-order valence-corrected chi connectivity index (χ1v) is 6.02. The van der Waals surface area contributed by atoms with Gasteiger partial charge < -0.3 is 5.11 Å². The minimum atomic E-state index is -0.594. The summed E-state index contributed by atoms with van der Waals surface area (Å²) in [5.74, 6) is 2.29. The van der Waals surface area contributed by atoms with Gasteiger partial charge in [0.05, 0.1) is 6.10 Å². The maximum Gasteiger partial charge on any atom is 0.131 e. The van der Waals surface area contributed by atoms with E-state index in [9.17, 15) is 9.50 Å². The molecule has 0 aliphatic rings. The Morgan fingerprint density at radius 2 is 1.89 bits per heavy atom. The molecular formula is C16H15FO. The van der Waals surface area contributed by atoms with Crippen molar-refractivity contribution in [3.05, 3.63) is 47.8 Å². The van der Waals surface area contributed by atoms with E-state index in [1.807, 2.05) is 12.1 Å². The third-order valence-electron chi connectivity index (χ3n) is 3.06. The van der Waals surface area contributed by atoms with E-state index in [4.69, 9.17) is 6.42 Å². The topological polar surface area (TPSA) is 20.2 Å². The predicted octanol–water partition coefficient (Wildman–Crippen LogP) is 3.82. The van der Waals surface area contributed by atoms with Gasteiger partial charge in [-0.3, -0.25) is 0 Å². The Hall–Kier alpha value is -1.85. The Kier molecular flexibility index (Phi) is 3.96. The maximum absolute atomic E-state index is 13.6. The first-order valence-electron chi connectivity index (χ1n) is 6.02. The highest BCUT2D eigenvalue weighted by molar-refractivity contribution is 5.86. The first-order chi connectivity index (χ1) is 8.74. The maximum atomic E-state index is 13.6. The summed E-state index contributed by atoms with van der Waals surface area (Å²) in [7, 11) is 0. The summed E-state index contributed by atoms with van der Waals surface area (Å²) in [5.41, 5.74) is 0.768. The summed E-state index contributed by atoms with van der Waals surface area (Å²) in [6.45, 7) is 0. The number of rotatable bonds is 4. The molecule has 0 amide bonds. The van der Waals surface area contributed by atoms with Crippen LogP contribution in [0.2, 0.25) is 0 Å². The van der Waals surface area contributed by atoms with Crippen molar-refractivity contribution >= 4 is 10.8 Å². The van der Waals surface area contributed by atoms with Crippen LogP contribution in [0.15, 0.2) is 36.4 Å². The summed E-state index contributed by atoms with van der Waals surface area (Å²) in [6, 6.07) is 10.3. The van der Waals surface area contributed by atoms with Gasteiger partial charge in [0, 0.05) is 11.8 Å². The van der Waals surface area contributed by atoms with E-state index in [1.165, 1.54) is 6.07 Å². The molecule has 2 aromatic rings. The lowest BCUT2D eigenvalue weighted by Crippen LogP contribution is -1.99. The van der Waals surface area contributed by atoms with Crippen molar-refractivity contribution in [1.82, 2.24) is 0 Å². The van der Waals surface area contributed by atoms with Gasteiger partial charge in [-0.2, -0.15) is 0 Å². The number of terminal acetylenes is 1. The van der Waals surface area contributed by atoms with E-state index in [-0.39, 0.29) is 5.82 Å². The average molecular weight is 242 g/mol. The highest BCUT2D eigenvalue weighted by Gasteiger charge is 2.12. The minimum absolute atomic E-state index is 0.259. The van der Waals surface area contributed by atoms with Crippen molar-refractivity contribution < 1.29 is 9.50 Å². The number of hydrogen-bond acceptors (Lipinski definition) is 1. The zero-order valence-corrected chi connectivity index (χ0v) is 10.1. The van der Waals surface area contributed by atoms with Crippen molar-refractivity contribution in [3.8, 4) is 12.3 Å². The van der Waals surface area contributed by atoms with E-state index in [0.29, 0.717) is 18.2 Å². The molecule has 0 aliphatic carbocycles. The van der Waals surface area contributed by atoms with Gasteiger partial charge in [-0.05, 0) is 29.9 Å². The molecule has 1 atom stereocenters. The average Bonchev–Trinajstić information content (AvgIpc) is 2.39. The number of unbranched alkanes of at least 4 members (excludes halogenated alkanes) is 1. The molecule has 2 aromatic carbocycles. The normalized spacial score (nSPS) is 12.3. The van der Waals surface area contributed by atoms with Crippen molar-refractivity contribution in [2.75, 3.05) is 0 Å². The van der Waals surface area contributed by atoms with Crippen LogP contribution >= 0.6 is 0 Å². The number of benzene rings is 2. The smallest absolute Gasteiger partial charge is 0.131 e. The second-order valence-electron chi connectivity index (χ2n) is 4.29. The van der Waals surface area contributed by atoms with Crippen LogP contribution in [0.25, 0.3) is 10.8 Å². The molecule has 0 aromatic heterocycles. The Morgan fingerprint density at radius 3 is 2.61 bits per heavy atom. The van der Waals surface area contributed by atoms with Gasteiger partial charge in [0.15, 0.2) is 0 Å². The molecule has 0 aliphatic heterocycles. The molecule has 1 nitrogen and oxygen atoms in total. The molecule has 1 N–H and O–H groups in total. The van der Waals surface area contributed by atoms with Gasteiger partial charge in [0.1, 0.15) is 5.82 Å². The predicted molar refractivity (Wildman–Crippen MR) is 71.5 cm³/mol.